The third-order valence-corrected chi connectivity index (χ3v) is 6.43. The first-order valence-corrected chi connectivity index (χ1v) is 11.6. The number of benzene rings is 2. The third-order valence-electron chi connectivity index (χ3n) is 5.60. The number of hydrogen-bond acceptors (Lipinski definition) is 6. The molecule has 1 atom stereocenters. The molecule has 1 aliphatic rings. The molecule has 0 spiro atoms. The van der Waals surface area contributed by atoms with Crippen molar-refractivity contribution in [2.75, 3.05) is 26.5 Å². The van der Waals surface area contributed by atoms with Gasteiger partial charge in [0.05, 0.1) is 31.7 Å². The number of aryl methyl sites for hydroxylation is 1. The number of likely N-dealkylation sites (tertiary alicyclic amines) is 1. The number of nitrogens with zero attached hydrogens (tertiary/aromatic N) is 3. The number of thioether (sulfide) groups is 1. The van der Waals surface area contributed by atoms with E-state index in [1.807, 2.05) is 66.4 Å². The van der Waals surface area contributed by atoms with Crippen LogP contribution in [0, 0.1) is 6.92 Å². The van der Waals surface area contributed by atoms with Crippen molar-refractivity contribution in [1.82, 2.24) is 14.9 Å². The minimum atomic E-state index is -0.0218. The molecule has 0 radical (unpaired) electrons. The highest BCUT2D eigenvalue weighted by molar-refractivity contribution is 7.99. The van der Waals surface area contributed by atoms with Gasteiger partial charge >= 0.3 is 0 Å². The Labute approximate surface area is 193 Å². The predicted molar refractivity (Wildman–Crippen MR) is 126 cm³/mol. The van der Waals surface area contributed by atoms with Crippen molar-refractivity contribution < 1.29 is 14.3 Å². The lowest BCUT2D eigenvalue weighted by molar-refractivity contribution is -0.129. The van der Waals surface area contributed by atoms with Gasteiger partial charge in [-0.05, 0) is 44.0 Å². The van der Waals surface area contributed by atoms with Gasteiger partial charge in [-0.1, -0.05) is 42.1 Å². The van der Waals surface area contributed by atoms with Crippen LogP contribution in [0.1, 0.15) is 30.1 Å². The van der Waals surface area contributed by atoms with E-state index in [-0.39, 0.29) is 11.9 Å². The summed E-state index contributed by atoms with van der Waals surface area (Å²) in [6.45, 7) is 2.68. The normalized spacial score (nSPS) is 15.6. The summed E-state index contributed by atoms with van der Waals surface area (Å²) < 4.78 is 11.0. The summed E-state index contributed by atoms with van der Waals surface area (Å²) in [4.78, 5) is 24.3. The van der Waals surface area contributed by atoms with Crippen LogP contribution in [0.3, 0.4) is 0 Å². The molecule has 7 heteroatoms. The van der Waals surface area contributed by atoms with Crippen LogP contribution in [0.4, 0.5) is 0 Å². The number of amides is 1. The average molecular weight is 450 g/mol. The van der Waals surface area contributed by atoms with E-state index in [0.29, 0.717) is 10.9 Å². The van der Waals surface area contributed by atoms with Gasteiger partial charge in [0.25, 0.3) is 0 Å². The van der Waals surface area contributed by atoms with Crippen LogP contribution in [-0.2, 0) is 4.79 Å². The summed E-state index contributed by atoms with van der Waals surface area (Å²) in [6, 6.07) is 17.7. The number of rotatable bonds is 7. The van der Waals surface area contributed by atoms with Crippen molar-refractivity contribution in [3.63, 3.8) is 0 Å². The van der Waals surface area contributed by atoms with E-state index in [2.05, 4.69) is 9.97 Å². The van der Waals surface area contributed by atoms with E-state index in [4.69, 9.17) is 9.47 Å². The Bertz CT molecular complexity index is 1090. The second-order valence-corrected chi connectivity index (χ2v) is 8.63. The van der Waals surface area contributed by atoms with Crippen LogP contribution in [-0.4, -0.2) is 47.3 Å². The van der Waals surface area contributed by atoms with E-state index in [1.54, 1.807) is 14.2 Å². The SMILES string of the molecule is COc1ccc(OC)c([C@H]2CCCN2C(=O)CSc2nc(C)cc(-c3ccccc3)n2)c1. The molecular weight excluding hydrogens is 422 g/mol. The molecule has 6 nitrogen and oxygen atoms in total. The Morgan fingerprint density at radius 2 is 1.91 bits per heavy atom. The number of hydrogen-bond donors (Lipinski definition) is 0. The Kier molecular flexibility index (Phi) is 6.95. The molecule has 1 aromatic heterocycles. The van der Waals surface area contributed by atoms with Crippen LogP contribution in [0.15, 0.2) is 59.8 Å². The second-order valence-electron chi connectivity index (χ2n) is 7.68. The Balaban J connectivity index is 1.49. The maximum atomic E-state index is 13.2. The van der Waals surface area contributed by atoms with Gasteiger partial charge in [-0.3, -0.25) is 4.79 Å². The summed E-state index contributed by atoms with van der Waals surface area (Å²) in [5, 5.41) is 0.618. The number of ether oxygens (including phenoxy) is 2. The topological polar surface area (TPSA) is 64.6 Å². The van der Waals surface area contributed by atoms with Gasteiger partial charge in [-0.15, -0.1) is 0 Å². The van der Waals surface area contributed by atoms with E-state index in [9.17, 15) is 4.79 Å². The molecule has 1 saturated heterocycles. The highest BCUT2D eigenvalue weighted by atomic mass is 32.2. The first-order chi connectivity index (χ1) is 15.6. The van der Waals surface area contributed by atoms with E-state index >= 15 is 0 Å². The quantitative estimate of drug-likeness (QED) is 0.377. The zero-order valence-corrected chi connectivity index (χ0v) is 19.4. The summed E-state index contributed by atoms with van der Waals surface area (Å²) in [5.74, 6) is 1.91. The Hall–Kier alpha value is -3.06. The minimum Gasteiger partial charge on any atom is -0.497 e. The molecule has 1 aliphatic heterocycles. The third kappa shape index (κ3) is 4.88. The molecule has 0 saturated carbocycles. The summed E-state index contributed by atoms with van der Waals surface area (Å²) >= 11 is 1.38. The van der Waals surface area contributed by atoms with Gasteiger partial charge in [-0.2, -0.15) is 0 Å². The minimum absolute atomic E-state index is 0.0218. The largest absolute Gasteiger partial charge is 0.497 e. The fourth-order valence-electron chi connectivity index (χ4n) is 4.06. The van der Waals surface area contributed by atoms with Crippen molar-refractivity contribution in [2.45, 2.75) is 31.0 Å². The van der Waals surface area contributed by atoms with Crippen LogP contribution < -0.4 is 9.47 Å². The first-order valence-electron chi connectivity index (χ1n) is 10.6. The molecule has 2 heterocycles. The lowest BCUT2D eigenvalue weighted by atomic mass is 10.0. The molecule has 2 aromatic carbocycles. The number of aromatic nitrogens is 2. The van der Waals surface area contributed by atoms with Crippen molar-refractivity contribution in [3.05, 3.63) is 65.9 Å². The molecule has 3 aromatic rings. The van der Waals surface area contributed by atoms with Gasteiger partial charge in [0.2, 0.25) is 5.91 Å². The second kappa shape index (κ2) is 10.0. The number of carbonyl (C=O) groups excluding carboxylic acids is 1. The fourth-order valence-corrected chi connectivity index (χ4v) is 4.85. The summed E-state index contributed by atoms with van der Waals surface area (Å²) in [6.07, 6.45) is 1.86. The molecule has 1 amide bonds. The monoisotopic (exact) mass is 449 g/mol. The highest BCUT2D eigenvalue weighted by Gasteiger charge is 2.32. The van der Waals surface area contributed by atoms with E-state index in [0.717, 1.165) is 53.4 Å². The number of carbonyl (C=O) groups is 1. The molecule has 0 bridgehead atoms. The molecule has 32 heavy (non-hydrogen) atoms. The lowest BCUT2D eigenvalue weighted by Gasteiger charge is -2.26. The zero-order valence-electron chi connectivity index (χ0n) is 18.6. The molecule has 0 N–H and O–H groups in total. The van der Waals surface area contributed by atoms with Crippen LogP contribution in [0.5, 0.6) is 11.5 Å². The van der Waals surface area contributed by atoms with Crippen molar-refractivity contribution in [2.24, 2.45) is 0 Å². The van der Waals surface area contributed by atoms with Gasteiger partial charge in [0, 0.05) is 23.4 Å². The summed E-state index contributed by atoms with van der Waals surface area (Å²) in [5.41, 5.74) is 3.78. The Morgan fingerprint density at radius 3 is 2.66 bits per heavy atom. The Morgan fingerprint density at radius 1 is 1.09 bits per heavy atom. The van der Waals surface area contributed by atoms with Gasteiger partial charge in [0.15, 0.2) is 5.16 Å². The van der Waals surface area contributed by atoms with Crippen molar-refractivity contribution in [1.29, 1.82) is 0 Å². The maximum Gasteiger partial charge on any atom is 0.233 e. The molecule has 0 unspecified atom stereocenters. The average Bonchev–Trinajstić information content (AvgIpc) is 3.32. The number of methoxy groups -OCH3 is 2. The maximum absolute atomic E-state index is 13.2. The standard InChI is InChI=1S/C25H27N3O3S/c1-17-14-21(18-8-5-4-6-9-18)27-25(26-17)32-16-24(29)28-13-7-10-22(28)20-15-19(30-2)11-12-23(20)31-3/h4-6,8-9,11-12,14-15,22H,7,10,13,16H2,1-3H3/t22-/m1/s1. The zero-order chi connectivity index (χ0) is 22.5. The van der Waals surface area contributed by atoms with Gasteiger partial charge in [0.1, 0.15) is 11.5 Å². The van der Waals surface area contributed by atoms with Crippen molar-refractivity contribution in [3.8, 4) is 22.8 Å². The molecule has 4 rings (SSSR count). The smallest absolute Gasteiger partial charge is 0.233 e. The van der Waals surface area contributed by atoms with Crippen LogP contribution in [0.2, 0.25) is 0 Å². The summed E-state index contributed by atoms with van der Waals surface area (Å²) in [7, 11) is 3.30. The molecular formula is C25H27N3O3S. The van der Waals surface area contributed by atoms with E-state index < -0.39 is 0 Å². The van der Waals surface area contributed by atoms with Crippen LogP contribution in [0.25, 0.3) is 11.3 Å². The van der Waals surface area contributed by atoms with Gasteiger partial charge < -0.3 is 14.4 Å². The first kappa shape index (κ1) is 22.1. The van der Waals surface area contributed by atoms with E-state index in [1.165, 1.54) is 11.8 Å². The fraction of sp³-hybridized carbons (Fsp3) is 0.320. The molecule has 1 fully saturated rings. The highest BCUT2D eigenvalue weighted by Crippen LogP contribution is 2.39. The lowest BCUT2D eigenvalue weighted by Crippen LogP contribution is -2.32. The van der Waals surface area contributed by atoms with Gasteiger partial charge in [-0.25, -0.2) is 9.97 Å². The predicted octanol–water partition coefficient (Wildman–Crippen LogP) is 4.93. The van der Waals surface area contributed by atoms with Crippen molar-refractivity contribution >= 4 is 17.7 Å². The molecule has 166 valence electrons. The van der Waals surface area contributed by atoms with Crippen LogP contribution >= 0.6 is 11.8 Å². The molecule has 0 aliphatic carbocycles.